The van der Waals surface area contributed by atoms with Crippen LogP contribution in [-0.4, -0.2) is 63.3 Å². The number of nitrogens with zero attached hydrogens (tertiary/aromatic N) is 4. The summed E-state index contributed by atoms with van der Waals surface area (Å²) < 4.78 is 64.9. The third-order valence-corrected chi connectivity index (χ3v) is 7.32. The quantitative estimate of drug-likeness (QED) is 0.541. The summed E-state index contributed by atoms with van der Waals surface area (Å²) in [7, 11) is -1.01. The Hall–Kier alpha value is -3.31. The number of benzene rings is 2. The van der Waals surface area contributed by atoms with Gasteiger partial charge in [-0.1, -0.05) is 0 Å². The number of aromatic nitrogens is 2. The first-order valence-electron chi connectivity index (χ1n) is 10.1. The molecule has 4 rings (SSSR count). The molecule has 0 amide bonds. The van der Waals surface area contributed by atoms with Gasteiger partial charge in [-0.2, -0.15) is 4.31 Å². The third kappa shape index (κ3) is 4.60. The Bertz CT molecular complexity index is 1250. The van der Waals surface area contributed by atoms with Gasteiger partial charge in [-0.3, -0.25) is 0 Å². The maximum Gasteiger partial charge on any atom is 0.246 e. The van der Waals surface area contributed by atoms with Crippen molar-refractivity contribution in [3.05, 3.63) is 60.2 Å². The van der Waals surface area contributed by atoms with Gasteiger partial charge in [0.1, 0.15) is 28.0 Å². The smallest absolute Gasteiger partial charge is 0.246 e. The summed E-state index contributed by atoms with van der Waals surface area (Å²) in [5.41, 5.74) is 1.32. The summed E-state index contributed by atoms with van der Waals surface area (Å²) in [5, 5.41) is 8.58. The molecule has 33 heavy (non-hydrogen) atoms. The molecule has 0 saturated carbocycles. The van der Waals surface area contributed by atoms with E-state index in [1.165, 1.54) is 0 Å². The highest BCUT2D eigenvalue weighted by atomic mass is 32.2. The molecule has 2 heterocycles. The number of halogens is 2. The van der Waals surface area contributed by atoms with Crippen LogP contribution in [0, 0.1) is 11.6 Å². The summed E-state index contributed by atoms with van der Waals surface area (Å²) in [6, 6.07) is 11.4. The van der Waals surface area contributed by atoms with E-state index in [1.807, 2.05) is 4.90 Å². The zero-order chi connectivity index (χ0) is 23.6. The van der Waals surface area contributed by atoms with Gasteiger partial charge in [0, 0.05) is 31.7 Å². The molecule has 11 heteroatoms. The highest BCUT2D eigenvalue weighted by molar-refractivity contribution is 7.89. The van der Waals surface area contributed by atoms with Gasteiger partial charge < -0.3 is 14.4 Å². The summed E-state index contributed by atoms with van der Waals surface area (Å²) in [6.07, 6.45) is 0. The molecule has 0 bridgehead atoms. The molecule has 3 aromatic rings. The first-order valence-corrected chi connectivity index (χ1v) is 11.5. The number of piperazine rings is 1. The number of anilines is 1. The minimum atomic E-state index is -4.15. The molecule has 0 N–H and O–H groups in total. The topological polar surface area (TPSA) is 84.9 Å². The second kappa shape index (κ2) is 9.28. The minimum absolute atomic E-state index is 0.103. The lowest BCUT2D eigenvalue weighted by molar-refractivity contribution is 0.380. The van der Waals surface area contributed by atoms with Crippen LogP contribution in [0.2, 0.25) is 0 Å². The first-order chi connectivity index (χ1) is 15.8. The zero-order valence-electron chi connectivity index (χ0n) is 18.0. The predicted molar refractivity (Wildman–Crippen MR) is 118 cm³/mol. The van der Waals surface area contributed by atoms with Crippen molar-refractivity contribution >= 4 is 15.8 Å². The van der Waals surface area contributed by atoms with E-state index in [9.17, 15) is 17.2 Å². The van der Waals surface area contributed by atoms with Crippen LogP contribution in [0.3, 0.4) is 0 Å². The van der Waals surface area contributed by atoms with E-state index in [1.54, 1.807) is 44.6 Å². The van der Waals surface area contributed by atoms with E-state index in [-0.39, 0.29) is 13.1 Å². The summed E-state index contributed by atoms with van der Waals surface area (Å²) >= 11 is 0. The second-order valence-electron chi connectivity index (χ2n) is 7.31. The average molecular weight is 477 g/mol. The molecule has 1 saturated heterocycles. The Morgan fingerprint density at radius 2 is 1.64 bits per heavy atom. The van der Waals surface area contributed by atoms with Crippen LogP contribution in [-0.2, 0) is 10.0 Å². The maximum atomic E-state index is 14.0. The van der Waals surface area contributed by atoms with Gasteiger partial charge in [0.05, 0.1) is 19.9 Å². The molecular formula is C22H22F2N4O4S. The van der Waals surface area contributed by atoms with E-state index >= 15 is 0 Å². The van der Waals surface area contributed by atoms with Crippen molar-refractivity contribution < 1.29 is 26.7 Å². The number of ether oxygens (including phenoxy) is 2. The lowest BCUT2D eigenvalue weighted by Crippen LogP contribution is -2.49. The molecule has 0 spiro atoms. The molecule has 8 nitrogen and oxygen atoms in total. The predicted octanol–water partition coefficient (Wildman–Crippen LogP) is 2.95. The lowest BCUT2D eigenvalue weighted by atomic mass is 10.1. The van der Waals surface area contributed by atoms with Crippen LogP contribution in [0.5, 0.6) is 11.5 Å². The molecule has 0 atom stereocenters. The van der Waals surface area contributed by atoms with Crippen molar-refractivity contribution in [3.63, 3.8) is 0 Å². The molecule has 0 radical (unpaired) electrons. The van der Waals surface area contributed by atoms with E-state index in [4.69, 9.17) is 9.47 Å². The monoisotopic (exact) mass is 476 g/mol. The number of rotatable bonds is 6. The van der Waals surface area contributed by atoms with Crippen molar-refractivity contribution in [3.8, 4) is 22.8 Å². The summed E-state index contributed by atoms with van der Waals surface area (Å²) in [4.78, 5) is 1.22. The highest BCUT2D eigenvalue weighted by Crippen LogP contribution is 2.32. The average Bonchev–Trinajstić information content (AvgIpc) is 2.85. The summed E-state index contributed by atoms with van der Waals surface area (Å²) in [5.74, 6) is 0.0736. The molecule has 0 aliphatic carbocycles. The van der Waals surface area contributed by atoms with Gasteiger partial charge in [-0.15, -0.1) is 10.2 Å². The van der Waals surface area contributed by atoms with Crippen molar-refractivity contribution in [1.29, 1.82) is 0 Å². The normalized spacial score (nSPS) is 14.8. The highest BCUT2D eigenvalue weighted by Gasteiger charge is 2.31. The molecular weight excluding hydrogens is 454 g/mol. The second-order valence-corrected chi connectivity index (χ2v) is 9.22. The Balaban J connectivity index is 1.48. The van der Waals surface area contributed by atoms with Crippen molar-refractivity contribution in [2.45, 2.75) is 4.90 Å². The molecule has 1 aromatic heterocycles. The minimum Gasteiger partial charge on any atom is -0.497 e. The fourth-order valence-corrected chi connectivity index (χ4v) is 5.12. The van der Waals surface area contributed by atoms with Crippen LogP contribution in [0.25, 0.3) is 11.3 Å². The lowest BCUT2D eigenvalue weighted by Gasteiger charge is -2.34. The van der Waals surface area contributed by atoms with Gasteiger partial charge in [-0.25, -0.2) is 17.2 Å². The van der Waals surface area contributed by atoms with Gasteiger partial charge >= 0.3 is 0 Å². The number of methoxy groups -OCH3 is 2. The van der Waals surface area contributed by atoms with E-state index in [2.05, 4.69) is 10.2 Å². The van der Waals surface area contributed by atoms with E-state index in [0.717, 1.165) is 22.0 Å². The Morgan fingerprint density at radius 3 is 2.27 bits per heavy atom. The Morgan fingerprint density at radius 1 is 0.879 bits per heavy atom. The van der Waals surface area contributed by atoms with Crippen LogP contribution in [0.1, 0.15) is 0 Å². The standard InChI is InChI=1S/C22H22F2N4O4S/c1-31-16-4-7-20(32-2)17(14-16)19-6-8-22(26-25-19)27-9-11-28(12-10-27)33(29,30)21-13-15(23)3-5-18(21)24/h3-8,13-14H,9-12H2,1-2H3. The van der Waals surface area contributed by atoms with Crippen LogP contribution >= 0.6 is 0 Å². The fraction of sp³-hybridized carbons (Fsp3) is 0.273. The number of hydrogen-bond donors (Lipinski definition) is 0. The number of sulfonamides is 1. The molecule has 1 aliphatic rings. The molecule has 1 fully saturated rings. The van der Waals surface area contributed by atoms with Gasteiger partial charge in [0.2, 0.25) is 10.0 Å². The maximum absolute atomic E-state index is 14.0. The van der Waals surface area contributed by atoms with Crippen molar-refractivity contribution in [2.24, 2.45) is 0 Å². The number of hydrogen-bond acceptors (Lipinski definition) is 7. The summed E-state index contributed by atoms with van der Waals surface area (Å²) in [6.45, 7) is 0.857. The van der Waals surface area contributed by atoms with Crippen LogP contribution in [0.15, 0.2) is 53.4 Å². The van der Waals surface area contributed by atoms with Crippen molar-refractivity contribution in [2.75, 3.05) is 45.3 Å². The SMILES string of the molecule is COc1ccc(OC)c(-c2ccc(N3CCN(S(=O)(=O)c4cc(F)ccc4F)CC3)nn2)c1. The molecule has 0 unspecified atom stereocenters. The first kappa shape index (κ1) is 22.9. The molecule has 1 aliphatic heterocycles. The van der Waals surface area contributed by atoms with Gasteiger partial charge in [0.25, 0.3) is 0 Å². The fourth-order valence-electron chi connectivity index (χ4n) is 3.62. The Kier molecular flexibility index (Phi) is 6.43. The van der Waals surface area contributed by atoms with Crippen molar-refractivity contribution in [1.82, 2.24) is 14.5 Å². The zero-order valence-corrected chi connectivity index (χ0v) is 18.8. The van der Waals surface area contributed by atoms with Crippen LogP contribution in [0.4, 0.5) is 14.6 Å². The van der Waals surface area contributed by atoms with Gasteiger partial charge in [0.15, 0.2) is 5.82 Å². The largest absolute Gasteiger partial charge is 0.497 e. The van der Waals surface area contributed by atoms with Gasteiger partial charge in [-0.05, 0) is 48.5 Å². The third-order valence-electron chi connectivity index (χ3n) is 5.41. The molecule has 174 valence electrons. The van der Waals surface area contributed by atoms with E-state index < -0.39 is 26.6 Å². The Labute approximate surface area is 190 Å². The van der Waals surface area contributed by atoms with Crippen LogP contribution < -0.4 is 14.4 Å². The molecule has 2 aromatic carbocycles. The van der Waals surface area contributed by atoms with E-state index in [0.29, 0.717) is 42.2 Å².